The Morgan fingerprint density at radius 2 is 1.96 bits per heavy atom. The van der Waals surface area contributed by atoms with Gasteiger partial charge in [0.15, 0.2) is 0 Å². The molecular weight excluding hydrogens is 390 g/mol. The van der Waals surface area contributed by atoms with Crippen LogP contribution >= 0.6 is 15.9 Å². The molecule has 3 rings (SSSR count). The Morgan fingerprint density at radius 1 is 1.12 bits per heavy atom. The molecule has 0 saturated heterocycles. The molecule has 25 heavy (non-hydrogen) atoms. The molecule has 0 fully saturated rings. The second-order valence-electron chi connectivity index (χ2n) is 4.94. The standard InChI is InChI=1S/C17H14BrN3O4/c1-23-12-6-7-14(24-2)13(9-12)15(22)19-17-21-20-16(25-17)10-4-3-5-11(18)8-10/h3-9H,1-2H3,(H,19,21,22). The smallest absolute Gasteiger partial charge is 0.322 e. The Bertz CT molecular complexity index is 910. The minimum Gasteiger partial charge on any atom is -0.497 e. The number of nitrogens with one attached hydrogen (secondary N) is 1. The molecule has 0 unspecified atom stereocenters. The van der Waals surface area contributed by atoms with E-state index in [2.05, 4.69) is 31.4 Å². The second kappa shape index (κ2) is 7.35. The van der Waals surface area contributed by atoms with E-state index >= 15 is 0 Å². The van der Waals surface area contributed by atoms with Crippen LogP contribution < -0.4 is 14.8 Å². The Morgan fingerprint density at radius 3 is 2.68 bits per heavy atom. The van der Waals surface area contributed by atoms with Crippen LogP contribution in [-0.2, 0) is 0 Å². The van der Waals surface area contributed by atoms with Crippen LogP contribution in [0.5, 0.6) is 11.5 Å². The van der Waals surface area contributed by atoms with Crippen molar-refractivity contribution in [3.05, 3.63) is 52.5 Å². The van der Waals surface area contributed by atoms with Crippen LogP contribution in [0.1, 0.15) is 10.4 Å². The van der Waals surface area contributed by atoms with Gasteiger partial charge < -0.3 is 13.9 Å². The van der Waals surface area contributed by atoms with Crippen molar-refractivity contribution < 1.29 is 18.7 Å². The lowest BCUT2D eigenvalue weighted by molar-refractivity contribution is 0.102. The summed E-state index contributed by atoms with van der Waals surface area (Å²) in [5, 5.41) is 10.4. The summed E-state index contributed by atoms with van der Waals surface area (Å²) >= 11 is 3.38. The fraction of sp³-hybridized carbons (Fsp3) is 0.118. The second-order valence-corrected chi connectivity index (χ2v) is 5.86. The van der Waals surface area contributed by atoms with Crippen molar-refractivity contribution in [1.29, 1.82) is 0 Å². The number of rotatable bonds is 5. The van der Waals surface area contributed by atoms with Crippen molar-refractivity contribution in [3.8, 4) is 23.0 Å². The lowest BCUT2D eigenvalue weighted by Gasteiger charge is -2.09. The van der Waals surface area contributed by atoms with Crippen molar-refractivity contribution >= 4 is 27.9 Å². The number of carbonyl (C=O) groups is 1. The number of methoxy groups -OCH3 is 2. The number of carbonyl (C=O) groups excluding carboxylic acids is 1. The first-order chi connectivity index (χ1) is 12.1. The molecule has 0 aliphatic carbocycles. The average Bonchev–Trinajstić information content (AvgIpc) is 3.09. The molecule has 7 nitrogen and oxygen atoms in total. The van der Waals surface area contributed by atoms with E-state index in [0.717, 1.165) is 10.0 Å². The number of ether oxygens (including phenoxy) is 2. The summed E-state index contributed by atoms with van der Waals surface area (Å²) < 4.78 is 16.7. The van der Waals surface area contributed by atoms with Crippen LogP contribution in [0.3, 0.4) is 0 Å². The third-order valence-corrected chi connectivity index (χ3v) is 3.86. The van der Waals surface area contributed by atoms with Crippen LogP contribution in [0.2, 0.25) is 0 Å². The molecule has 1 amide bonds. The quantitative estimate of drug-likeness (QED) is 0.697. The number of anilines is 1. The van der Waals surface area contributed by atoms with Crippen LogP contribution in [0, 0.1) is 0 Å². The van der Waals surface area contributed by atoms with Gasteiger partial charge in [-0.15, -0.1) is 5.10 Å². The lowest BCUT2D eigenvalue weighted by Crippen LogP contribution is -2.13. The largest absolute Gasteiger partial charge is 0.497 e. The van der Waals surface area contributed by atoms with Gasteiger partial charge >= 0.3 is 6.01 Å². The summed E-state index contributed by atoms with van der Waals surface area (Å²) in [5.74, 6) is 0.797. The highest BCUT2D eigenvalue weighted by molar-refractivity contribution is 9.10. The summed E-state index contributed by atoms with van der Waals surface area (Å²) in [7, 11) is 3.00. The van der Waals surface area contributed by atoms with Gasteiger partial charge in [-0.2, -0.15) is 0 Å². The molecule has 2 aromatic carbocycles. The summed E-state index contributed by atoms with van der Waals surface area (Å²) in [6, 6.07) is 12.3. The van der Waals surface area contributed by atoms with E-state index in [-0.39, 0.29) is 6.01 Å². The number of amides is 1. The van der Waals surface area contributed by atoms with Gasteiger partial charge in [-0.25, -0.2) is 0 Å². The Hall–Kier alpha value is -2.87. The maximum absolute atomic E-state index is 12.5. The summed E-state index contributed by atoms with van der Waals surface area (Å²) in [4.78, 5) is 12.5. The molecule has 3 aromatic rings. The van der Waals surface area contributed by atoms with Gasteiger partial charge in [0.1, 0.15) is 11.5 Å². The molecule has 0 saturated carbocycles. The van der Waals surface area contributed by atoms with Crippen LogP contribution in [0.15, 0.2) is 51.4 Å². The zero-order chi connectivity index (χ0) is 17.8. The molecular formula is C17H14BrN3O4. The van der Waals surface area contributed by atoms with E-state index in [1.54, 1.807) is 18.2 Å². The highest BCUT2D eigenvalue weighted by Gasteiger charge is 2.17. The zero-order valence-electron chi connectivity index (χ0n) is 13.4. The number of aromatic nitrogens is 2. The first kappa shape index (κ1) is 17.0. The van der Waals surface area contributed by atoms with Crippen molar-refractivity contribution in [2.24, 2.45) is 0 Å². The maximum Gasteiger partial charge on any atom is 0.322 e. The summed E-state index contributed by atoms with van der Waals surface area (Å²) in [5.41, 5.74) is 1.03. The molecule has 1 heterocycles. The highest BCUT2D eigenvalue weighted by Crippen LogP contribution is 2.26. The summed E-state index contributed by atoms with van der Waals surface area (Å²) in [6.07, 6.45) is 0. The molecule has 8 heteroatoms. The predicted octanol–water partition coefficient (Wildman–Crippen LogP) is 3.77. The highest BCUT2D eigenvalue weighted by atomic mass is 79.9. The minimum absolute atomic E-state index is 0.00940. The zero-order valence-corrected chi connectivity index (χ0v) is 15.0. The van der Waals surface area contributed by atoms with Crippen molar-refractivity contribution in [1.82, 2.24) is 10.2 Å². The SMILES string of the molecule is COc1ccc(OC)c(C(=O)Nc2nnc(-c3cccc(Br)c3)o2)c1. The normalized spacial score (nSPS) is 10.4. The van der Waals surface area contributed by atoms with Crippen molar-refractivity contribution in [3.63, 3.8) is 0 Å². The molecule has 1 aromatic heterocycles. The number of halogens is 1. The van der Waals surface area contributed by atoms with Gasteiger partial charge in [0.25, 0.3) is 5.91 Å². The van der Waals surface area contributed by atoms with Crippen LogP contribution in [0.25, 0.3) is 11.5 Å². The van der Waals surface area contributed by atoms with Gasteiger partial charge in [0.2, 0.25) is 5.89 Å². The van der Waals surface area contributed by atoms with E-state index < -0.39 is 5.91 Å². The first-order valence-electron chi connectivity index (χ1n) is 7.23. The Kier molecular flexibility index (Phi) is 4.99. The molecule has 0 aliphatic heterocycles. The number of hydrogen-bond acceptors (Lipinski definition) is 6. The average molecular weight is 404 g/mol. The van der Waals surface area contributed by atoms with Crippen molar-refractivity contribution in [2.75, 3.05) is 19.5 Å². The fourth-order valence-electron chi connectivity index (χ4n) is 2.17. The molecule has 1 N–H and O–H groups in total. The molecule has 128 valence electrons. The van der Waals surface area contributed by atoms with Crippen LogP contribution in [-0.4, -0.2) is 30.3 Å². The van der Waals surface area contributed by atoms with Gasteiger partial charge in [-0.05, 0) is 36.4 Å². The summed E-state index contributed by atoms with van der Waals surface area (Å²) in [6.45, 7) is 0. The van der Waals surface area contributed by atoms with Gasteiger partial charge in [-0.3, -0.25) is 10.1 Å². The predicted molar refractivity (Wildman–Crippen MR) is 94.9 cm³/mol. The van der Waals surface area contributed by atoms with Gasteiger partial charge in [-0.1, -0.05) is 27.1 Å². The van der Waals surface area contributed by atoms with E-state index in [0.29, 0.717) is 23.0 Å². The van der Waals surface area contributed by atoms with Crippen LogP contribution in [0.4, 0.5) is 6.01 Å². The maximum atomic E-state index is 12.5. The topological polar surface area (TPSA) is 86.5 Å². The fourth-order valence-corrected chi connectivity index (χ4v) is 2.57. The van der Waals surface area contributed by atoms with E-state index in [1.165, 1.54) is 14.2 Å². The van der Waals surface area contributed by atoms with E-state index in [4.69, 9.17) is 13.9 Å². The van der Waals surface area contributed by atoms with E-state index in [1.807, 2.05) is 24.3 Å². The minimum atomic E-state index is -0.444. The Labute approximate surface area is 152 Å². The Balaban J connectivity index is 1.82. The molecule has 0 spiro atoms. The van der Waals surface area contributed by atoms with Gasteiger partial charge in [0.05, 0.1) is 19.8 Å². The third kappa shape index (κ3) is 3.80. The number of nitrogens with zero attached hydrogens (tertiary/aromatic N) is 2. The first-order valence-corrected chi connectivity index (χ1v) is 8.03. The third-order valence-electron chi connectivity index (χ3n) is 3.37. The molecule has 0 aliphatic rings. The number of hydrogen-bond donors (Lipinski definition) is 1. The molecule has 0 bridgehead atoms. The van der Waals surface area contributed by atoms with Gasteiger partial charge in [0, 0.05) is 10.0 Å². The molecule has 0 radical (unpaired) electrons. The monoisotopic (exact) mass is 403 g/mol. The van der Waals surface area contributed by atoms with Crippen molar-refractivity contribution in [2.45, 2.75) is 0 Å². The molecule has 0 atom stereocenters. The number of benzene rings is 2. The van der Waals surface area contributed by atoms with E-state index in [9.17, 15) is 4.79 Å². The lowest BCUT2D eigenvalue weighted by atomic mass is 10.1.